The number of amides is 1. The lowest BCUT2D eigenvalue weighted by Crippen LogP contribution is -2.35. The molecule has 2 aromatic rings. The molecule has 0 bridgehead atoms. The maximum absolute atomic E-state index is 12.9. The van der Waals surface area contributed by atoms with Crippen LogP contribution in [0.15, 0.2) is 28.0 Å². The molecule has 1 aliphatic heterocycles. The third-order valence-corrected chi connectivity index (χ3v) is 6.81. The van der Waals surface area contributed by atoms with Gasteiger partial charge in [0, 0.05) is 24.2 Å². The number of nitrogens with one attached hydrogen (secondary N) is 1. The summed E-state index contributed by atoms with van der Waals surface area (Å²) in [5.41, 5.74) is -0.558. The van der Waals surface area contributed by atoms with Crippen molar-refractivity contribution < 1.29 is 27.9 Å². The van der Waals surface area contributed by atoms with E-state index in [9.17, 15) is 27.9 Å². The molecular weight excluding hydrogens is 424 g/mol. The molecule has 1 amide bonds. The number of hydrogen-bond donors (Lipinski definition) is 2. The first-order chi connectivity index (χ1) is 14.3. The van der Waals surface area contributed by atoms with E-state index in [1.54, 1.807) is 25.3 Å². The zero-order valence-electron chi connectivity index (χ0n) is 17.9. The van der Waals surface area contributed by atoms with Crippen molar-refractivity contribution >= 4 is 32.8 Å². The first-order valence-electron chi connectivity index (χ1n) is 9.95. The van der Waals surface area contributed by atoms with Crippen LogP contribution in [0.25, 0.3) is 10.9 Å². The fraction of sp³-hybridized carbons (Fsp3) is 0.476. The van der Waals surface area contributed by atoms with Gasteiger partial charge in [-0.1, -0.05) is 0 Å². The number of aromatic nitrogens is 1. The van der Waals surface area contributed by atoms with Crippen LogP contribution in [0.1, 0.15) is 56.1 Å². The van der Waals surface area contributed by atoms with Crippen LogP contribution < -0.4 is 10.7 Å². The summed E-state index contributed by atoms with van der Waals surface area (Å²) in [6, 6.07) is 2.76. The second-order valence-electron chi connectivity index (χ2n) is 8.70. The summed E-state index contributed by atoms with van der Waals surface area (Å²) in [5.74, 6) is -1.75. The predicted octanol–water partition coefficient (Wildman–Crippen LogP) is 2.51. The number of aryl methyl sites for hydroxylation is 1. The number of sulfone groups is 1. The maximum atomic E-state index is 12.9. The Morgan fingerprint density at radius 1 is 1.29 bits per heavy atom. The van der Waals surface area contributed by atoms with Gasteiger partial charge in [0.05, 0.1) is 16.2 Å². The van der Waals surface area contributed by atoms with Crippen molar-refractivity contribution in [2.24, 2.45) is 0 Å². The number of ether oxygens (including phenoxy) is 1. The lowest BCUT2D eigenvalue weighted by atomic mass is 9.96. The minimum atomic E-state index is -3.84. The largest absolute Gasteiger partial charge is 0.477 e. The van der Waals surface area contributed by atoms with Gasteiger partial charge in [0.15, 0.2) is 9.84 Å². The Hall–Kier alpha value is -2.88. The van der Waals surface area contributed by atoms with Crippen molar-refractivity contribution in [2.75, 3.05) is 12.3 Å². The maximum Gasteiger partial charge on any atom is 0.407 e. The van der Waals surface area contributed by atoms with E-state index in [0.29, 0.717) is 23.9 Å². The van der Waals surface area contributed by atoms with Crippen molar-refractivity contribution in [3.8, 4) is 0 Å². The first kappa shape index (κ1) is 22.8. The molecule has 3 rings (SSSR count). The lowest BCUT2D eigenvalue weighted by molar-refractivity contribution is 0.0530. The van der Waals surface area contributed by atoms with Crippen LogP contribution in [0.4, 0.5) is 4.79 Å². The van der Waals surface area contributed by atoms with Gasteiger partial charge in [-0.2, -0.15) is 0 Å². The highest BCUT2D eigenvalue weighted by Gasteiger charge is 2.26. The number of pyridine rings is 1. The minimum absolute atomic E-state index is 0.0193. The summed E-state index contributed by atoms with van der Waals surface area (Å²) >= 11 is 0. The summed E-state index contributed by atoms with van der Waals surface area (Å²) in [6.07, 6.45) is 1.87. The molecule has 1 aliphatic rings. The predicted molar refractivity (Wildman–Crippen MR) is 114 cm³/mol. The molecule has 1 atom stereocenters. The Morgan fingerprint density at radius 3 is 2.58 bits per heavy atom. The zero-order chi connectivity index (χ0) is 23.1. The van der Waals surface area contributed by atoms with Gasteiger partial charge in [0.25, 0.3) is 0 Å². The Morgan fingerprint density at radius 2 is 1.97 bits per heavy atom. The van der Waals surface area contributed by atoms with Gasteiger partial charge in [0.2, 0.25) is 5.43 Å². The molecule has 0 spiro atoms. The second-order valence-corrected chi connectivity index (χ2v) is 10.8. The van der Waals surface area contributed by atoms with Gasteiger partial charge in [-0.3, -0.25) is 4.79 Å². The Bertz CT molecular complexity index is 1220. The van der Waals surface area contributed by atoms with Gasteiger partial charge < -0.3 is 19.7 Å². The lowest BCUT2D eigenvalue weighted by Gasteiger charge is -2.27. The summed E-state index contributed by atoms with van der Waals surface area (Å²) in [4.78, 5) is 36.0. The number of rotatable bonds is 5. The van der Waals surface area contributed by atoms with Crippen molar-refractivity contribution in [2.45, 2.75) is 57.1 Å². The zero-order valence-corrected chi connectivity index (χ0v) is 18.7. The van der Waals surface area contributed by atoms with E-state index in [1.165, 1.54) is 18.3 Å². The molecule has 10 heteroatoms. The standard InChI is InChI=1S/C21H26N2O7S/c1-12-5-6-13-9-14(31(28,29)8-7-22-20(27)30-21(2,3)4)10-15-17(13)23(12)11-16(18(15)24)19(25)26/h9-12H,5-8H2,1-4H3,(H,22,27)(H,25,26)/t12-/m1/s1. The van der Waals surface area contributed by atoms with Gasteiger partial charge in [-0.05, 0) is 58.2 Å². The van der Waals surface area contributed by atoms with Gasteiger partial charge in [-0.25, -0.2) is 18.0 Å². The highest BCUT2D eigenvalue weighted by atomic mass is 32.2. The number of carboxylic acids is 1. The number of hydrogen-bond acceptors (Lipinski definition) is 6. The van der Waals surface area contributed by atoms with Crippen LogP contribution in [0, 0.1) is 0 Å². The van der Waals surface area contributed by atoms with Crippen molar-refractivity contribution in [3.05, 3.63) is 39.7 Å². The average Bonchev–Trinajstić information content (AvgIpc) is 2.63. The monoisotopic (exact) mass is 450 g/mol. The van der Waals surface area contributed by atoms with Gasteiger partial charge >= 0.3 is 12.1 Å². The molecule has 0 saturated heterocycles. The SMILES string of the molecule is C[C@@H]1CCc2cc(S(=O)(=O)CCNC(=O)OC(C)(C)C)cc3c(=O)c(C(=O)O)cn1c23. The van der Waals surface area contributed by atoms with E-state index in [1.807, 2.05) is 6.92 Å². The quantitative estimate of drug-likeness (QED) is 0.715. The van der Waals surface area contributed by atoms with Crippen molar-refractivity contribution in [1.82, 2.24) is 9.88 Å². The molecule has 0 radical (unpaired) electrons. The van der Waals surface area contributed by atoms with Gasteiger partial charge in [-0.15, -0.1) is 0 Å². The number of benzene rings is 1. The van der Waals surface area contributed by atoms with Crippen LogP contribution >= 0.6 is 0 Å². The van der Waals surface area contributed by atoms with E-state index in [0.717, 1.165) is 0 Å². The molecule has 0 unspecified atom stereocenters. The third-order valence-electron chi connectivity index (χ3n) is 5.11. The molecule has 0 saturated carbocycles. The summed E-state index contributed by atoms with van der Waals surface area (Å²) in [7, 11) is -3.84. The molecular formula is C21H26N2O7S. The number of carbonyl (C=O) groups excluding carboxylic acids is 1. The summed E-state index contributed by atoms with van der Waals surface area (Å²) in [6.45, 7) is 6.85. The summed E-state index contributed by atoms with van der Waals surface area (Å²) < 4.78 is 32.6. The van der Waals surface area contributed by atoms with Crippen molar-refractivity contribution in [1.29, 1.82) is 0 Å². The number of nitrogens with zero attached hydrogens (tertiary/aromatic N) is 1. The number of alkyl carbamates (subject to hydrolysis) is 1. The molecule has 9 nitrogen and oxygen atoms in total. The average molecular weight is 451 g/mol. The van der Waals surface area contributed by atoms with Crippen LogP contribution in [0.5, 0.6) is 0 Å². The van der Waals surface area contributed by atoms with E-state index >= 15 is 0 Å². The molecule has 0 aliphatic carbocycles. The second kappa shape index (κ2) is 7.99. The number of carboxylic acid groups (broad SMARTS) is 1. The van der Waals surface area contributed by atoms with Crippen LogP contribution in [-0.2, 0) is 21.0 Å². The molecule has 2 N–H and O–H groups in total. The number of aromatic carboxylic acids is 1. The fourth-order valence-corrected chi connectivity index (χ4v) is 4.87. The van der Waals surface area contributed by atoms with E-state index in [4.69, 9.17) is 4.74 Å². The highest BCUT2D eigenvalue weighted by molar-refractivity contribution is 7.91. The fourth-order valence-electron chi connectivity index (χ4n) is 3.64. The third kappa shape index (κ3) is 4.73. The molecule has 168 valence electrons. The van der Waals surface area contributed by atoms with Crippen LogP contribution in [-0.4, -0.2) is 48.1 Å². The van der Waals surface area contributed by atoms with E-state index < -0.39 is 38.5 Å². The van der Waals surface area contributed by atoms with E-state index in [-0.39, 0.29) is 28.6 Å². The summed E-state index contributed by atoms with van der Waals surface area (Å²) in [5, 5.41) is 11.9. The topological polar surface area (TPSA) is 132 Å². The molecule has 2 heterocycles. The van der Waals surface area contributed by atoms with E-state index in [2.05, 4.69) is 5.32 Å². The van der Waals surface area contributed by atoms with Crippen molar-refractivity contribution in [3.63, 3.8) is 0 Å². The Balaban J connectivity index is 1.98. The number of carbonyl (C=O) groups is 2. The molecule has 0 fully saturated rings. The smallest absolute Gasteiger partial charge is 0.407 e. The van der Waals surface area contributed by atoms with Crippen LogP contribution in [0.3, 0.4) is 0 Å². The molecule has 1 aromatic carbocycles. The molecule has 1 aromatic heterocycles. The van der Waals surface area contributed by atoms with Crippen LogP contribution in [0.2, 0.25) is 0 Å². The molecule has 31 heavy (non-hydrogen) atoms. The minimum Gasteiger partial charge on any atom is -0.477 e. The first-order valence-corrected chi connectivity index (χ1v) is 11.6. The van der Waals surface area contributed by atoms with Gasteiger partial charge in [0.1, 0.15) is 11.2 Å². The highest BCUT2D eigenvalue weighted by Crippen LogP contribution is 2.32. The Labute approximate surface area is 179 Å². The normalized spacial score (nSPS) is 16.2. The Kier molecular flexibility index (Phi) is 5.88.